The molecule has 0 radical (unpaired) electrons. The Morgan fingerprint density at radius 3 is 1.69 bits per heavy atom. The van der Waals surface area contributed by atoms with Crippen LogP contribution in [0.1, 0.15) is 84.9 Å². The third-order valence-corrected chi connectivity index (χ3v) is 16.7. The van der Waals surface area contributed by atoms with Gasteiger partial charge in [0.15, 0.2) is 0 Å². The van der Waals surface area contributed by atoms with Crippen molar-refractivity contribution in [1.82, 2.24) is 77.7 Å². The fraction of sp³-hybridized carbons (Fsp3) is 0.387. The molecule has 5 aliphatic heterocycles. The van der Waals surface area contributed by atoms with Crippen LogP contribution in [0.5, 0.6) is 11.5 Å². The van der Waals surface area contributed by atoms with Crippen LogP contribution in [0.2, 0.25) is 0 Å². The summed E-state index contributed by atoms with van der Waals surface area (Å²) >= 11 is 0. The molecule has 24 heteroatoms. The first-order chi connectivity index (χ1) is 42.1. The van der Waals surface area contributed by atoms with Crippen molar-refractivity contribution in [2.75, 3.05) is 65.7 Å². The third kappa shape index (κ3) is 12.7. The van der Waals surface area contributed by atoms with E-state index in [1.54, 1.807) is 66.1 Å². The summed E-state index contributed by atoms with van der Waals surface area (Å²) < 4.78 is 41.7. The molecule has 5 fully saturated rings. The maximum Gasteiger partial charge on any atom is 0.274 e. The van der Waals surface area contributed by atoms with Gasteiger partial charge in [-0.15, -0.1) is 0 Å². The monoisotopic (exact) mass is 1170 g/mol. The second-order valence-electron chi connectivity index (χ2n) is 22.8. The summed E-state index contributed by atoms with van der Waals surface area (Å²) in [6, 6.07) is 15.4. The van der Waals surface area contributed by atoms with Gasteiger partial charge in [0.05, 0.1) is 31.3 Å². The zero-order valence-electron chi connectivity index (χ0n) is 47.7. The molecule has 0 unspecified atom stereocenters. The summed E-state index contributed by atoms with van der Waals surface area (Å²) in [5, 5.41) is 0. The predicted octanol–water partition coefficient (Wildman–Crippen LogP) is 6.00. The molecule has 23 nitrogen and oxygen atoms in total. The lowest BCUT2D eigenvalue weighted by atomic mass is 9.95. The molecule has 14 heterocycles. The van der Waals surface area contributed by atoms with E-state index in [1.165, 1.54) is 18.3 Å². The van der Waals surface area contributed by atoms with Crippen molar-refractivity contribution in [1.29, 1.82) is 0 Å². The second-order valence-corrected chi connectivity index (χ2v) is 22.8. The maximum atomic E-state index is 13.2. The molecule has 5 saturated heterocycles. The summed E-state index contributed by atoms with van der Waals surface area (Å²) in [6.45, 7) is 12.3. The average Bonchev–Trinajstić information content (AvgIpc) is 2.29. The fourth-order valence-corrected chi connectivity index (χ4v) is 12.2. The SMILES string of the molecule is C[C@@H]1CN(Cc2ncccn2)C[C@H]1c1cn2c(C3CCOCC3)ncc2c(=O)[nH]1.O=c1[nH]c(CN2CC(Oc3cccnc3)C2)cn2c(C3CCOCC3)ncc12.O=c1[nH]c(CN2CC(Oc3ccncc3)C2)cn2c(-c3ccc(F)cc3)ncc12. The number of halogens is 1. The van der Waals surface area contributed by atoms with E-state index in [9.17, 15) is 18.8 Å². The Kier molecular flexibility index (Phi) is 16.6. The number of hydrogen-bond acceptors (Lipinski definition) is 17. The molecule has 444 valence electrons. The van der Waals surface area contributed by atoms with E-state index in [0.717, 1.165) is 150 Å². The summed E-state index contributed by atoms with van der Waals surface area (Å²) in [7, 11) is 0. The van der Waals surface area contributed by atoms with Crippen molar-refractivity contribution >= 4 is 16.6 Å². The molecule has 9 aromatic heterocycles. The number of nitrogens with one attached hydrogen (secondary N) is 3. The molecule has 0 saturated carbocycles. The lowest BCUT2D eigenvalue weighted by Crippen LogP contribution is -2.53. The number of aromatic nitrogens is 13. The van der Waals surface area contributed by atoms with E-state index >= 15 is 0 Å². The first-order valence-corrected chi connectivity index (χ1v) is 29.4. The predicted molar refractivity (Wildman–Crippen MR) is 315 cm³/mol. The molecule has 0 aliphatic carbocycles. The van der Waals surface area contributed by atoms with Crippen LogP contribution >= 0.6 is 0 Å². The molecular weight excluding hydrogens is 1100 g/mol. The van der Waals surface area contributed by atoms with Crippen LogP contribution in [0.3, 0.4) is 0 Å². The number of fused-ring (bicyclic) bond motifs is 3. The van der Waals surface area contributed by atoms with Crippen molar-refractivity contribution in [3.8, 4) is 22.9 Å². The van der Waals surface area contributed by atoms with E-state index in [1.807, 2.05) is 51.5 Å². The molecule has 0 bridgehead atoms. The zero-order valence-corrected chi connectivity index (χ0v) is 47.7. The normalized spacial score (nSPS) is 19.2. The number of rotatable bonds is 14. The van der Waals surface area contributed by atoms with E-state index < -0.39 is 0 Å². The highest BCUT2D eigenvalue weighted by Crippen LogP contribution is 2.33. The molecular formula is C62H67FN16O7. The molecule has 86 heavy (non-hydrogen) atoms. The van der Waals surface area contributed by atoms with Crippen LogP contribution in [0.25, 0.3) is 27.9 Å². The van der Waals surface area contributed by atoms with Gasteiger partial charge >= 0.3 is 0 Å². The minimum atomic E-state index is -0.311. The minimum Gasteiger partial charge on any atom is -0.488 e. The minimum absolute atomic E-state index is 0.0645. The molecule has 1 aromatic carbocycles. The van der Waals surface area contributed by atoms with Crippen molar-refractivity contribution in [3.05, 3.63) is 200 Å². The first-order valence-electron chi connectivity index (χ1n) is 29.4. The van der Waals surface area contributed by atoms with Gasteiger partial charge in [-0.2, -0.15) is 0 Å². The van der Waals surface area contributed by atoms with Crippen LogP contribution in [0.15, 0.2) is 143 Å². The van der Waals surface area contributed by atoms with E-state index in [4.69, 9.17) is 18.9 Å². The Labute approximate surface area is 492 Å². The summed E-state index contributed by atoms with van der Waals surface area (Å²) in [4.78, 5) is 83.8. The Hall–Kier alpha value is -8.81. The molecule has 0 spiro atoms. The Morgan fingerprint density at radius 2 is 1.08 bits per heavy atom. The van der Waals surface area contributed by atoms with Gasteiger partial charge in [-0.1, -0.05) is 6.92 Å². The van der Waals surface area contributed by atoms with Gasteiger partial charge in [0.25, 0.3) is 16.7 Å². The number of H-pyrrole nitrogens is 3. The van der Waals surface area contributed by atoms with Crippen LogP contribution in [0, 0.1) is 11.7 Å². The number of aromatic amines is 3. The second kappa shape index (κ2) is 25.4. The number of likely N-dealkylation sites (tertiary alicyclic amines) is 3. The molecule has 0 amide bonds. The highest BCUT2D eigenvalue weighted by atomic mass is 19.1. The maximum absolute atomic E-state index is 13.2. The first kappa shape index (κ1) is 56.3. The lowest BCUT2D eigenvalue weighted by Gasteiger charge is -2.38. The Balaban J connectivity index is 0.000000120. The Morgan fingerprint density at radius 1 is 0.535 bits per heavy atom. The van der Waals surface area contributed by atoms with Gasteiger partial charge in [-0.05, 0) is 86.2 Å². The molecule has 5 aliphatic rings. The number of ether oxygens (including phenoxy) is 4. The van der Waals surface area contributed by atoms with Crippen LogP contribution in [-0.2, 0) is 29.1 Å². The quantitative estimate of drug-likeness (QED) is 0.113. The third-order valence-electron chi connectivity index (χ3n) is 16.7. The van der Waals surface area contributed by atoms with Crippen LogP contribution < -0.4 is 26.2 Å². The number of nitrogens with zero attached hydrogens (tertiary/aromatic N) is 13. The van der Waals surface area contributed by atoms with E-state index in [2.05, 4.69) is 77.7 Å². The van der Waals surface area contributed by atoms with Gasteiger partial charge in [0.2, 0.25) is 0 Å². The van der Waals surface area contributed by atoms with Crippen LogP contribution in [-0.4, -0.2) is 156 Å². The highest BCUT2D eigenvalue weighted by molar-refractivity contribution is 5.61. The van der Waals surface area contributed by atoms with E-state index in [0.29, 0.717) is 53.2 Å². The number of benzene rings is 1. The zero-order chi connectivity index (χ0) is 58.5. The van der Waals surface area contributed by atoms with Gasteiger partial charge < -0.3 is 33.9 Å². The number of pyridine rings is 2. The summed E-state index contributed by atoms with van der Waals surface area (Å²) in [6.07, 6.45) is 25.4. The van der Waals surface area contributed by atoms with E-state index in [-0.39, 0.29) is 40.6 Å². The number of hydrogen-bond donors (Lipinski definition) is 3. The van der Waals surface area contributed by atoms with Crippen molar-refractivity contribution in [2.24, 2.45) is 5.92 Å². The fourth-order valence-electron chi connectivity index (χ4n) is 12.2. The largest absolute Gasteiger partial charge is 0.488 e. The van der Waals surface area contributed by atoms with Gasteiger partial charge in [-0.25, -0.2) is 29.3 Å². The standard InChI is InChI=1S/C21H18FN5O2.C21H26N6O2.C20H23N5O3/c22-15-3-1-14(2-4-15)20-24-9-19-21(28)25-16(11-27(19)20)10-26-12-18(13-26)29-17-5-7-23-8-6-17;1-14-10-26(13-19-22-5-2-6-23-19)11-16(14)17-12-27-18(21(28)25-17)9-24-20(27)15-3-7-29-8-4-15;26-20-18-9-22-19(14-3-6-27-7-4-14)25(18)11-15(23-20)10-24-12-17(13-24)28-16-2-1-5-21-8-16/h1-9,11,18H,10,12-13H2,(H,25,28);2,5-6,9,12,14-16H,3-4,7-8,10-11,13H2,1H3,(H,25,28);1-2,5,8-9,11,14,17H,3-4,6-7,10,12-13H2,(H,23,26)/t;14-,16-;/m.1./s1. The van der Waals surface area contributed by atoms with Crippen molar-refractivity contribution < 1.29 is 23.3 Å². The Bertz CT molecular complexity index is 4080. The van der Waals surface area contributed by atoms with Gasteiger partial charge in [-0.3, -0.25) is 52.3 Å². The smallest absolute Gasteiger partial charge is 0.274 e. The topological polar surface area (TPSA) is 249 Å². The highest BCUT2D eigenvalue weighted by Gasteiger charge is 2.34. The average molecular weight is 1170 g/mol. The van der Waals surface area contributed by atoms with Gasteiger partial charge in [0.1, 0.15) is 69.4 Å². The molecule has 10 aromatic rings. The van der Waals surface area contributed by atoms with Crippen LogP contribution in [0.4, 0.5) is 4.39 Å². The number of imidazole rings is 3. The molecule has 3 N–H and O–H groups in total. The lowest BCUT2D eigenvalue weighted by molar-refractivity contribution is 0.0134. The van der Waals surface area contributed by atoms with Crippen molar-refractivity contribution in [3.63, 3.8) is 0 Å². The summed E-state index contributed by atoms with van der Waals surface area (Å²) in [5.74, 6) is 6.06. The van der Waals surface area contributed by atoms with Gasteiger partial charge in [0, 0.05) is 169 Å². The molecule has 15 rings (SSSR count). The molecule has 2 atom stereocenters. The summed E-state index contributed by atoms with van der Waals surface area (Å²) in [5.41, 5.74) is 4.73. The van der Waals surface area contributed by atoms with Crippen molar-refractivity contribution in [2.45, 2.75) is 82.2 Å².